The monoisotopic (exact) mass is 348 g/mol. The van der Waals surface area contributed by atoms with Crippen LogP contribution in [-0.4, -0.2) is 18.9 Å². The molecule has 0 bridgehead atoms. The van der Waals surface area contributed by atoms with E-state index in [9.17, 15) is 23.6 Å². The first-order valence-electron chi connectivity index (χ1n) is 7.38. The summed E-state index contributed by atoms with van der Waals surface area (Å²) in [4.78, 5) is 47.2. The molecule has 0 N–H and O–H groups in total. The van der Waals surface area contributed by atoms with E-state index in [2.05, 4.69) is 5.10 Å². The van der Waals surface area contributed by atoms with Crippen molar-refractivity contribution in [2.45, 2.75) is 19.9 Å². The van der Waals surface area contributed by atoms with Crippen molar-refractivity contribution in [2.75, 3.05) is 0 Å². The van der Waals surface area contributed by atoms with Crippen molar-refractivity contribution in [3.8, 4) is 5.69 Å². The maximum atomic E-state index is 14.4. The first kappa shape index (κ1) is 16.6. The van der Waals surface area contributed by atoms with Crippen LogP contribution in [0.15, 0.2) is 41.9 Å². The van der Waals surface area contributed by atoms with Gasteiger partial charge < -0.3 is 4.42 Å². The molecular weight excluding hydrogens is 335 g/mol. The lowest BCUT2D eigenvalue weighted by molar-refractivity contribution is 0.512. The predicted molar refractivity (Wildman–Crippen MR) is 85.6 cm³/mol. The van der Waals surface area contributed by atoms with Crippen molar-refractivity contribution in [1.82, 2.24) is 18.9 Å². The molecule has 0 unspecified atom stereocenters. The van der Waals surface area contributed by atoms with E-state index in [1.54, 1.807) is 6.92 Å². The third-order valence-corrected chi connectivity index (χ3v) is 3.70. The van der Waals surface area contributed by atoms with Gasteiger partial charge >= 0.3 is 16.9 Å². The fourth-order valence-electron chi connectivity index (χ4n) is 2.44. The molecule has 3 rings (SSSR count). The number of aromatic nitrogens is 4. The molecule has 0 aliphatic carbocycles. The molecule has 0 amide bonds. The molecule has 0 aliphatic heterocycles. The highest BCUT2D eigenvalue weighted by Gasteiger charge is 2.16. The summed E-state index contributed by atoms with van der Waals surface area (Å²) in [7, 11) is 1.23. The van der Waals surface area contributed by atoms with Gasteiger partial charge in [0.25, 0.3) is 5.56 Å². The average Bonchev–Trinajstić information content (AvgIpc) is 2.57. The van der Waals surface area contributed by atoms with Gasteiger partial charge in [0.1, 0.15) is 11.9 Å². The van der Waals surface area contributed by atoms with Gasteiger partial charge in [0.2, 0.25) is 0 Å². The van der Waals surface area contributed by atoms with E-state index in [0.717, 1.165) is 21.4 Å². The van der Waals surface area contributed by atoms with E-state index in [1.165, 1.54) is 13.1 Å². The number of hydrogen-bond donors (Lipinski definition) is 0. The zero-order chi connectivity index (χ0) is 18.3. The lowest BCUT2D eigenvalue weighted by Gasteiger charge is -2.11. The summed E-state index contributed by atoms with van der Waals surface area (Å²) in [5.41, 5.74) is -3.74. The van der Waals surface area contributed by atoms with Crippen molar-refractivity contribution in [3.63, 3.8) is 0 Å². The fourth-order valence-corrected chi connectivity index (χ4v) is 2.44. The van der Waals surface area contributed by atoms with Crippen molar-refractivity contribution in [2.24, 2.45) is 7.05 Å². The van der Waals surface area contributed by atoms with Gasteiger partial charge in [0.05, 0.1) is 5.52 Å². The highest BCUT2D eigenvalue weighted by molar-refractivity contribution is 5.75. The van der Waals surface area contributed by atoms with Gasteiger partial charge in [0.15, 0.2) is 11.4 Å². The van der Waals surface area contributed by atoms with Gasteiger partial charge in [-0.05, 0) is 12.5 Å². The van der Waals surface area contributed by atoms with Crippen LogP contribution in [0, 0.1) is 5.82 Å². The SMILES string of the molecule is CCCn1c(=O)c(=O)oc2cc(F)c(-n3ncc(=O)n(C)c3=O)cc21. The molecule has 0 radical (unpaired) electrons. The van der Waals surface area contributed by atoms with Gasteiger partial charge in [-0.3, -0.25) is 18.7 Å². The Kier molecular flexibility index (Phi) is 3.95. The fraction of sp³-hybridized carbons (Fsp3) is 0.267. The summed E-state index contributed by atoms with van der Waals surface area (Å²) in [6.45, 7) is 2.01. The van der Waals surface area contributed by atoms with Gasteiger partial charge in [-0.2, -0.15) is 9.78 Å². The maximum Gasteiger partial charge on any atom is 0.402 e. The van der Waals surface area contributed by atoms with Crippen molar-refractivity contribution in [1.29, 1.82) is 0 Å². The smallest absolute Gasteiger partial charge is 0.402 e. The molecule has 2 aromatic heterocycles. The molecule has 0 spiro atoms. The first-order valence-corrected chi connectivity index (χ1v) is 7.38. The Labute approximate surface area is 138 Å². The minimum atomic E-state index is -1.11. The Hall–Kier alpha value is -3.30. The molecule has 3 aromatic rings. The quantitative estimate of drug-likeness (QED) is 0.604. The van der Waals surface area contributed by atoms with Crippen LogP contribution in [0.4, 0.5) is 4.39 Å². The van der Waals surface area contributed by atoms with Crippen LogP contribution in [0.5, 0.6) is 0 Å². The molecular formula is C15H13FN4O5. The third-order valence-electron chi connectivity index (χ3n) is 3.70. The number of nitrogens with zero attached hydrogens (tertiary/aromatic N) is 4. The average molecular weight is 348 g/mol. The molecule has 1 aromatic carbocycles. The normalized spacial score (nSPS) is 11.2. The summed E-state index contributed by atoms with van der Waals surface area (Å²) in [6.07, 6.45) is 1.42. The minimum Gasteiger partial charge on any atom is -0.417 e. The van der Waals surface area contributed by atoms with Gasteiger partial charge in [-0.25, -0.2) is 14.0 Å². The molecule has 0 aliphatic rings. The molecule has 130 valence electrons. The molecule has 0 fully saturated rings. The van der Waals surface area contributed by atoms with E-state index in [-0.39, 0.29) is 23.3 Å². The molecule has 25 heavy (non-hydrogen) atoms. The first-order chi connectivity index (χ1) is 11.8. The van der Waals surface area contributed by atoms with Crippen LogP contribution < -0.4 is 22.4 Å². The van der Waals surface area contributed by atoms with Gasteiger partial charge in [0, 0.05) is 19.7 Å². The number of aryl methyl sites for hydroxylation is 1. The van der Waals surface area contributed by atoms with E-state index in [4.69, 9.17) is 4.42 Å². The molecule has 10 heteroatoms. The third kappa shape index (κ3) is 2.61. The maximum absolute atomic E-state index is 14.4. The molecule has 0 saturated heterocycles. The second-order valence-electron chi connectivity index (χ2n) is 5.35. The van der Waals surface area contributed by atoms with E-state index in [1.807, 2.05) is 0 Å². The number of rotatable bonds is 3. The van der Waals surface area contributed by atoms with E-state index in [0.29, 0.717) is 11.1 Å². The number of halogens is 1. The van der Waals surface area contributed by atoms with Crippen molar-refractivity contribution < 1.29 is 8.81 Å². The van der Waals surface area contributed by atoms with Crippen LogP contribution in [0.1, 0.15) is 13.3 Å². The zero-order valence-corrected chi connectivity index (χ0v) is 13.4. The molecule has 0 atom stereocenters. The minimum absolute atomic E-state index is 0.128. The van der Waals surface area contributed by atoms with Gasteiger partial charge in [-0.1, -0.05) is 6.92 Å². The summed E-state index contributed by atoms with van der Waals surface area (Å²) < 4.78 is 21.9. The van der Waals surface area contributed by atoms with E-state index < -0.39 is 28.3 Å². The lowest BCUT2D eigenvalue weighted by atomic mass is 10.2. The second kappa shape index (κ2) is 5.96. The molecule has 9 nitrogen and oxygen atoms in total. The topological polar surface area (TPSA) is 109 Å². The molecule has 2 heterocycles. The summed E-state index contributed by atoms with van der Waals surface area (Å²) in [5, 5.41) is 3.64. The van der Waals surface area contributed by atoms with Crippen LogP contribution in [-0.2, 0) is 13.6 Å². The highest BCUT2D eigenvalue weighted by Crippen LogP contribution is 2.19. The predicted octanol–water partition coefficient (Wildman–Crippen LogP) is -0.252. The highest BCUT2D eigenvalue weighted by atomic mass is 19.1. The summed E-state index contributed by atoms with van der Waals surface area (Å²) in [6, 6.07) is 2.08. The Bertz CT molecular complexity index is 1220. The lowest BCUT2D eigenvalue weighted by Crippen LogP contribution is -2.38. The van der Waals surface area contributed by atoms with Crippen LogP contribution in [0.25, 0.3) is 16.8 Å². The zero-order valence-electron chi connectivity index (χ0n) is 13.4. The Balaban J connectivity index is 2.43. The number of benzene rings is 1. The summed E-state index contributed by atoms with van der Waals surface area (Å²) in [5.74, 6) is -0.898. The van der Waals surface area contributed by atoms with Crippen LogP contribution >= 0.6 is 0 Å². The van der Waals surface area contributed by atoms with Gasteiger partial charge in [-0.15, -0.1) is 0 Å². The van der Waals surface area contributed by atoms with Crippen LogP contribution in [0.2, 0.25) is 0 Å². The van der Waals surface area contributed by atoms with Crippen LogP contribution in [0.3, 0.4) is 0 Å². The Morgan fingerprint density at radius 1 is 1.20 bits per heavy atom. The second-order valence-corrected chi connectivity index (χ2v) is 5.35. The van der Waals surface area contributed by atoms with E-state index >= 15 is 0 Å². The Morgan fingerprint density at radius 3 is 2.60 bits per heavy atom. The summed E-state index contributed by atoms with van der Waals surface area (Å²) >= 11 is 0. The Morgan fingerprint density at radius 2 is 1.92 bits per heavy atom. The molecule has 0 saturated carbocycles. The number of fused-ring (bicyclic) bond motifs is 1. The standard InChI is InChI=1S/C15H13FN4O5/c1-3-4-19-10-6-9(20-15(24)18(2)12(21)7-17-20)8(16)5-11(10)25-14(23)13(19)22/h5-7H,3-4H2,1-2H3. The van der Waals surface area contributed by atoms with Crippen molar-refractivity contribution in [3.05, 3.63) is 65.8 Å². The number of hydrogen-bond acceptors (Lipinski definition) is 6. The van der Waals surface area contributed by atoms with Crippen molar-refractivity contribution >= 4 is 11.1 Å². The largest absolute Gasteiger partial charge is 0.417 e.